The van der Waals surface area contributed by atoms with Gasteiger partial charge in [0.15, 0.2) is 9.84 Å². The third-order valence-electron chi connectivity index (χ3n) is 4.48. The van der Waals surface area contributed by atoms with Crippen LogP contribution in [0.1, 0.15) is 26.7 Å². The van der Waals surface area contributed by atoms with Gasteiger partial charge >= 0.3 is 0 Å². The summed E-state index contributed by atoms with van der Waals surface area (Å²) in [5.41, 5.74) is 5.77. The minimum absolute atomic E-state index is 0.0159. The fraction of sp³-hybridized carbons (Fsp3) is 0.600. The van der Waals surface area contributed by atoms with Crippen LogP contribution in [0.2, 0.25) is 0 Å². The SMILES string of the molecule is CCS(=O)(=O)c1ccc(S(=O)(=O)N2CCC[C@@H](C)[C@H]2CN)cc1. The molecule has 1 aliphatic heterocycles. The van der Waals surface area contributed by atoms with Gasteiger partial charge in [-0.2, -0.15) is 4.31 Å². The highest BCUT2D eigenvalue weighted by molar-refractivity contribution is 7.91. The zero-order valence-electron chi connectivity index (χ0n) is 13.5. The molecule has 8 heteroatoms. The molecule has 1 saturated heterocycles. The average Bonchev–Trinajstić information content (AvgIpc) is 2.54. The summed E-state index contributed by atoms with van der Waals surface area (Å²) >= 11 is 0. The summed E-state index contributed by atoms with van der Waals surface area (Å²) in [6.07, 6.45) is 1.76. The zero-order chi connectivity index (χ0) is 17.3. The van der Waals surface area contributed by atoms with E-state index >= 15 is 0 Å². The van der Waals surface area contributed by atoms with E-state index in [9.17, 15) is 16.8 Å². The largest absolute Gasteiger partial charge is 0.329 e. The van der Waals surface area contributed by atoms with Gasteiger partial charge in [-0.1, -0.05) is 13.8 Å². The van der Waals surface area contributed by atoms with E-state index < -0.39 is 19.9 Å². The summed E-state index contributed by atoms with van der Waals surface area (Å²) in [5, 5.41) is 0. The van der Waals surface area contributed by atoms with E-state index in [1.165, 1.54) is 28.6 Å². The Kier molecular flexibility index (Phi) is 5.50. The summed E-state index contributed by atoms with van der Waals surface area (Å²) in [6, 6.07) is 5.23. The number of sulfone groups is 1. The lowest BCUT2D eigenvalue weighted by Gasteiger charge is -2.38. The Hall–Kier alpha value is -0.960. The van der Waals surface area contributed by atoms with Crippen LogP contribution in [0.3, 0.4) is 0 Å². The maximum atomic E-state index is 12.9. The zero-order valence-corrected chi connectivity index (χ0v) is 15.1. The predicted octanol–water partition coefficient (Wildman–Crippen LogP) is 1.23. The first-order chi connectivity index (χ1) is 10.7. The first-order valence-electron chi connectivity index (χ1n) is 7.78. The number of nitrogens with two attached hydrogens (primary N) is 1. The van der Waals surface area contributed by atoms with Gasteiger partial charge in [-0.05, 0) is 43.0 Å². The molecule has 23 heavy (non-hydrogen) atoms. The van der Waals surface area contributed by atoms with E-state index in [-0.39, 0.29) is 34.0 Å². The van der Waals surface area contributed by atoms with Crippen molar-refractivity contribution in [1.82, 2.24) is 4.31 Å². The Morgan fingerprint density at radius 1 is 1.13 bits per heavy atom. The van der Waals surface area contributed by atoms with Crippen molar-refractivity contribution in [2.75, 3.05) is 18.8 Å². The molecule has 0 aliphatic carbocycles. The molecule has 2 N–H and O–H groups in total. The Bertz CT molecular complexity index is 742. The van der Waals surface area contributed by atoms with Crippen LogP contribution in [0.15, 0.2) is 34.1 Å². The topological polar surface area (TPSA) is 97.5 Å². The first-order valence-corrected chi connectivity index (χ1v) is 10.9. The van der Waals surface area contributed by atoms with Crippen LogP contribution < -0.4 is 5.73 Å². The van der Waals surface area contributed by atoms with Gasteiger partial charge in [0, 0.05) is 19.1 Å². The summed E-state index contributed by atoms with van der Waals surface area (Å²) in [4.78, 5) is 0.251. The summed E-state index contributed by atoms with van der Waals surface area (Å²) in [7, 11) is -7.00. The third kappa shape index (κ3) is 3.60. The molecule has 1 fully saturated rings. The number of sulfonamides is 1. The molecule has 0 amide bonds. The molecule has 1 aliphatic rings. The van der Waals surface area contributed by atoms with Gasteiger partial charge in [0.05, 0.1) is 15.5 Å². The van der Waals surface area contributed by atoms with Crippen molar-refractivity contribution in [2.24, 2.45) is 11.7 Å². The van der Waals surface area contributed by atoms with Gasteiger partial charge in [-0.25, -0.2) is 16.8 Å². The molecule has 2 atom stereocenters. The highest BCUT2D eigenvalue weighted by Gasteiger charge is 2.36. The molecular formula is C15H24N2O4S2. The van der Waals surface area contributed by atoms with Crippen molar-refractivity contribution < 1.29 is 16.8 Å². The lowest BCUT2D eigenvalue weighted by molar-refractivity contribution is 0.192. The minimum atomic E-state index is -3.67. The molecular weight excluding hydrogens is 336 g/mol. The average molecular weight is 361 g/mol. The maximum absolute atomic E-state index is 12.9. The number of benzene rings is 1. The molecule has 1 heterocycles. The van der Waals surface area contributed by atoms with Crippen molar-refractivity contribution in [1.29, 1.82) is 0 Å². The summed E-state index contributed by atoms with van der Waals surface area (Å²) < 4.78 is 50.8. The maximum Gasteiger partial charge on any atom is 0.243 e. The van der Waals surface area contributed by atoms with Crippen LogP contribution in [0.4, 0.5) is 0 Å². The molecule has 130 valence electrons. The van der Waals surface area contributed by atoms with Crippen molar-refractivity contribution >= 4 is 19.9 Å². The van der Waals surface area contributed by atoms with E-state index in [4.69, 9.17) is 5.73 Å². The molecule has 0 saturated carbocycles. The second kappa shape index (κ2) is 6.88. The summed E-state index contributed by atoms with van der Waals surface area (Å²) in [5.74, 6) is 0.195. The number of hydrogen-bond acceptors (Lipinski definition) is 5. The van der Waals surface area contributed by atoms with Gasteiger partial charge in [0.25, 0.3) is 0 Å². The van der Waals surface area contributed by atoms with Crippen LogP contribution in [0.25, 0.3) is 0 Å². The predicted molar refractivity (Wildman–Crippen MR) is 89.3 cm³/mol. The Labute approximate surface area is 138 Å². The first kappa shape index (κ1) is 18.4. The number of hydrogen-bond donors (Lipinski definition) is 1. The number of rotatable bonds is 5. The smallest absolute Gasteiger partial charge is 0.243 e. The quantitative estimate of drug-likeness (QED) is 0.852. The molecule has 6 nitrogen and oxygen atoms in total. The highest BCUT2D eigenvalue weighted by Crippen LogP contribution is 2.29. The number of nitrogens with zero attached hydrogens (tertiary/aromatic N) is 1. The molecule has 0 radical (unpaired) electrons. The molecule has 0 aromatic heterocycles. The lowest BCUT2D eigenvalue weighted by atomic mass is 9.93. The second-order valence-corrected chi connectivity index (χ2v) is 10.1. The van der Waals surface area contributed by atoms with E-state index in [0.717, 1.165) is 12.8 Å². The van der Waals surface area contributed by atoms with Gasteiger partial charge < -0.3 is 5.73 Å². The lowest BCUT2D eigenvalue weighted by Crippen LogP contribution is -2.51. The van der Waals surface area contributed by atoms with Crippen molar-refractivity contribution in [3.63, 3.8) is 0 Å². The third-order valence-corrected chi connectivity index (χ3v) is 8.16. The Morgan fingerprint density at radius 2 is 1.70 bits per heavy atom. The van der Waals surface area contributed by atoms with Gasteiger partial charge in [-0.3, -0.25) is 0 Å². The monoisotopic (exact) mass is 360 g/mol. The van der Waals surface area contributed by atoms with Crippen molar-refractivity contribution in [3.8, 4) is 0 Å². The van der Waals surface area contributed by atoms with Crippen LogP contribution in [0.5, 0.6) is 0 Å². The van der Waals surface area contributed by atoms with E-state index in [1.807, 2.05) is 6.92 Å². The fourth-order valence-corrected chi connectivity index (χ4v) is 5.64. The van der Waals surface area contributed by atoms with Crippen molar-refractivity contribution in [3.05, 3.63) is 24.3 Å². The molecule has 0 bridgehead atoms. The summed E-state index contributed by atoms with van der Waals surface area (Å²) in [6.45, 7) is 4.29. The van der Waals surface area contributed by atoms with E-state index in [1.54, 1.807) is 6.92 Å². The molecule has 0 unspecified atom stereocenters. The van der Waals surface area contributed by atoms with Gasteiger partial charge in [0.1, 0.15) is 0 Å². The van der Waals surface area contributed by atoms with Crippen molar-refractivity contribution in [2.45, 2.75) is 42.5 Å². The highest BCUT2D eigenvalue weighted by atomic mass is 32.2. The molecule has 2 rings (SSSR count). The Morgan fingerprint density at radius 3 is 2.22 bits per heavy atom. The van der Waals surface area contributed by atoms with Crippen LogP contribution >= 0.6 is 0 Å². The number of piperidine rings is 1. The van der Waals surface area contributed by atoms with Gasteiger partial charge in [-0.15, -0.1) is 0 Å². The molecule has 1 aromatic carbocycles. The van der Waals surface area contributed by atoms with E-state index in [2.05, 4.69) is 0 Å². The second-order valence-electron chi connectivity index (χ2n) is 5.91. The van der Waals surface area contributed by atoms with Gasteiger partial charge in [0.2, 0.25) is 10.0 Å². The Balaban J connectivity index is 2.36. The normalized spacial score (nSPS) is 23.8. The van der Waals surface area contributed by atoms with E-state index in [0.29, 0.717) is 6.54 Å². The van der Waals surface area contributed by atoms with Crippen LogP contribution in [-0.2, 0) is 19.9 Å². The van der Waals surface area contributed by atoms with Crippen LogP contribution in [0, 0.1) is 5.92 Å². The molecule has 0 spiro atoms. The standard InChI is InChI=1S/C15H24N2O4S2/c1-3-22(18,19)13-6-8-14(9-7-13)23(20,21)17-10-4-5-12(2)15(17)11-16/h6-9,12,15H,3-5,10-11,16H2,1-2H3/t12-,15-/m1/s1. The minimum Gasteiger partial charge on any atom is -0.329 e. The van der Waals surface area contributed by atoms with Crippen LogP contribution in [-0.4, -0.2) is 46.0 Å². The molecule has 1 aromatic rings. The fourth-order valence-electron chi connectivity index (χ4n) is 2.98.